The lowest BCUT2D eigenvalue weighted by Gasteiger charge is -2.16. The Morgan fingerprint density at radius 3 is 2.64 bits per heavy atom. The number of H-pyrrole nitrogens is 1. The Kier molecular flexibility index (Phi) is 4.56. The van der Waals surface area contributed by atoms with Gasteiger partial charge in [-0.2, -0.15) is 5.10 Å². The molecule has 1 aromatic heterocycles. The number of carbonyl (C=O) groups is 1. The Morgan fingerprint density at radius 2 is 2.00 bits per heavy atom. The molecule has 0 unspecified atom stereocenters. The summed E-state index contributed by atoms with van der Waals surface area (Å²) in [4.78, 5) is 16.8. The molecule has 8 nitrogen and oxygen atoms in total. The minimum absolute atomic E-state index is 0.200. The van der Waals surface area contributed by atoms with E-state index in [9.17, 15) is 13.2 Å². The summed E-state index contributed by atoms with van der Waals surface area (Å²) in [5.74, 6) is -0.0996. The second-order valence-corrected chi connectivity index (χ2v) is 8.80. The molecule has 28 heavy (non-hydrogen) atoms. The molecule has 0 spiro atoms. The minimum Gasteiger partial charge on any atom is -0.322 e. The molecule has 2 aromatic carbocycles. The Bertz CT molecular complexity index is 1130. The second kappa shape index (κ2) is 6.92. The first-order valence-electron chi connectivity index (χ1n) is 8.37. The average Bonchev–Trinajstić information content (AvgIpc) is 3.29. The zero-order valence-corrected chi connectivity index (χ0v) is 16.3. The lowest BCUT2D eigenvalue weighted by molar-refractivity contribution is 0.102. The average molecular weight is 418 g/mol. The summed E-state index contributed by atoms with van der Waals surface area (Å²) in [5, 5.41) is 10.0. The van der Waals surface area contributed by atoms with Gasteiger partial charge in [-0.25, -0.2) is 13.4 Å². The number of rotatable bonds is 4. The number of sulfonamides is 1. The number of aromatic nitrogens is 3. The minimum atomic E-state index is -3.47. The molecule has 0 fully saturated rings. The Balaban J connectivity index is 1.70. The molecule has 1 atom stereocenters. The number of anilines is 2. The van der Waals surface area contributed by atoms with Crippen molar-refractivity contribution in [2.24, 2.45) is 0 Å². The lowest BCUT2D eigenvalue weighted by atomic mass is 9.98. The van der Waals surface area contributed by atoms with E-state index in [2.05, 4.69) is 20.5 Å². The molecule has 1 amide bonds. The summed E-state index contributed by atoms with van der Waals surface area (Å²) in [6.45, 7) is 0.200. The second-order valence-electron chi connectivity index (χ2n) is 6.45. The zero-order chi connectivity index (χ0) is 19.9. The molecule has 10 heteroatoms. The molecule has 0 bridgehead atoms. The molecule has 0 aliphatic carbocycles. The molecule has 144 valence electrons. The number of fused-ring (bicyclic) bond motifs is 1. The number of aromatic amines is 1. The van der Waals surface area contributed by atoms with Crippen LogP contribution in [0.4, 0.5) is 11.4 Å². The van der Waals surface area contributed by atoms with Gasteiger partial charge in [-0.3, -0.25) is 14.2 Å². The van der Waals surface area contributed by atoms with Crippen LogP contribution < -0.4 is 9.62 Å². The third-order valence-corrected chi connectivity index (χ3v) is 5.95. The number of nitrogens with zero attached hydrogens (tertiary/aromatic N) is 3. The van der Waals surface area contributed by atoms with Crippen molar-refractivity contribution in [3.63, 3.8) is 0 Å². The fraction of sp³-hybridized carbons (Fsp3) is 0.167. The molecule has 0 saturated carbocycles. The van der Waals surface area contributed by atoms with Crippen LogP contribution in [0.3, 0.4) is 0 Å². The summed E-state index contributed by atoms with van der Waals surface area (Å²) in [7, 11) is -3.47. The third-order valence-electron chi connectivity index (χ3n) is 4.55. The molecular weight excluding hydrogens is 402 g/mol. The van der Waals surface area contributed by atoms with E-state index in [1.165, 1.54) is 10.6 Å². The zero-order valence-electron chi connectivity index (χ0n) is 14.8. The third kappa shape index (κ3) is 3.46. The van der Waals surface area contributed by atoms with Gasteiger partial charge < -0.3 is 5.32 Å². The van der Waals surface area contributed by atoms with Crippen LogP contribution in [0.15, 0.2) is 48.8 Å². The number of carbonyl (C=O) groups excluding carboxylic acids is 1. The predicted octanol–water partition coefficient (Wildman–Crippen LogP) is 2.62. The van der Waals surface area contributed by atoms with Crippen LogP contribution >= 0.6 is 11.6 Å². The Labute approximate surface area is 166 Å². The van der Waals surface area contributed by atoms with Crippen molar-refractivity contribution >= 4 is 38.9 Å². The van der Waals surface area contributed by atoms with Gasteiger partial charge in [0, 0.05) is 22.8 Å². The van der Waals surface area contributed by atoms with E-state index in [1.807, 2.05) is 0 Å². The summed E-state index contributed by atoms with van der Waals surface area (Å²) < 4.78 is 25.7. The van der Waals surface area contributed by atoms with E-state index < -0.39 is 10.0 Å². The van der Waals surface area contributed by atoms with Crippen molar-refractivity contribution in [1.29, 1.82) is 0 Å². The summed E-state index contributed by atoms with van der Waals surface area (Å²) in [5.41, 5.74) is 2.26. The maximum Gasteiger partial charge on any atom is 0.255 e. The van der Waals surface area contributed by atoms with Gasteiger partial charge in [0.05, 0.1) is 17.9 Å². The van der Waals surface area contributed by atoms with Gasteiger partial charge in [-0.05, 0) is 48.0 Å². The first-order valence-corrected chi connectivity index (χ1v) is 10.6. The van der Waals surface area contributed by atoms with E-state index in [-0.39, 0.29) is 18.4 Å². The molecule has 2 N–H and O–H groups in total. The van der Waals surface area contributed by atoms with E-state index in [1.54, 1.807) is 42.5 Å². The lowest BCUT2D eigenvalue weighted by Crippen LogP contribution is -2.29. The summed E-state index contributed by atoms with van der Waals surface area (Å²) in [6.07, 6.45) is 2.52. The molecule has 4 rings (SSSR count). The smallest absolute Gasteiger partial charge is 0.255 e. The van der Waals surface area contributed by atoms with E-state index in [0.717, 1.165) is 6.26 Å². The van der Waals surface area contributed by atoms with Crippen LogP contribution in [0.25, 0.3) is 0 Å². The first kappa shape index (κ1) is 18.5. The maximum absolute atomic E-state index is 12.7. The number of hydrogen-bond donors (Lipinski definition) is 2. The number of hydrogen-bond acceptors (Lipinski definition) is 5. The van der Waals surface area contributed by atoms with Crippen molar-refractivity contribution in [3.8, 4) is 0 Å². The molecule has 0 saturated heterocycles. The molecular formula is C18H16ClN5O3S. The van der Waals surface area contributed by atoms with Crippen LogP contribution in [-0.4, -0.2) is 42.3 Å². The van der Waals surface area contributed by atoms with Crippen LogP contribution in [-0.2, 0) is 10.0 Å². The SMILES string of the molecule is CS(=O)(=O)N1C[C@H](c2ncn[nH]2)c2cc(C(=O)Nc3ccc(Cl)cc3)ccc21. The van der Waals surface area contributed by atoms with Crippen molar-refractivity contribution in [1.82, 2.24) is 15.2 Å². The Hall–Kier alpha value is -2.91. The molecule has 2 heterocycles. The van der Waals surface area contributed by atoms with Crippen molar-refractivity contribution < 1.29 is 13.2 Å². The normalized spacial score (nSPS) is 16.1. The van der Waals surface area contributed by atoms with Gasteiger partial charge in [-0.1, -0.05) is 11.6 Å². The largest absolute Gasteiger partial charge is 0.322 e. The predicted molar refractivity (Wildman–Crippen MR) is 106 cm³/mol. The van der Waals surface area contributed by atoms with E-state index in [4.69, 9.17) is 11.6 Å². The van der Waals surface area contributed by atoms with Crippen molar-refractivity contribution in [3.05, 3.63) is 70.8 Å². The van der Waals surface area contributed by atoms with Crippen LogP contribution in [0.1, 0.15) is 27.7 Å². The number of benzene rings is 2. The fourth-order valence-corrected chi connectivity index (χ4v) is 4.30. The van der Waals surface area contributed by atoms with Crippen LogP contribution in [0.5, 0.6) is 0 Å². The van der Waals surface area contributed by atoms with E-state index in [0.29, 0.717) is 33.3 Å². The molecule has 1 aliphatic rings. The molecule has 3 aromatic rings. The van der Waals surface area contributed by atoms with Crippen LogP contribution in [0.2, 0.25) is 5.02 Å². The number of amides is 1. The van der Waals surface area contributed by atoms with Crippen molar-refractivity contribution in [2.45, 2.75) is 5.92 Å². The topological polar surface area (TPSA) is 108 Å². The van der Waals surface area contributed by atoms with Crippen LogP contribution in [0, 0.1) is 0 Å². The highest BCUT2D eigenvalue weighted by atomic mass is 35.5. The Morgan fingerprint density at radius 1 is 1.25 bits per heavy atom. The molecule has 1 aliphatic heterocycles. The first-order chi connectivity index (χ1) is 13.3. The van der Waals surface area contributed by atoms with Gasteiger partial charge >= 0.3 is 0 Å². The standard InChI is InChI=1S/C18H16ClN5O3S/c1-28(26,27)24-9-15(17-20-10-21-23-17)14-8-11(2-7-16(14)24)18(25)22-13-5-3-12(19)4-6-13/h2-8,10,15H,9H2,1H3,(H,22,25)(H,20,21,23)/t15-/m0/s1. The summed E-state index contributed by atoms with van der Waals surface area (Å²) in [6, 6.07) is 11.7. The highest BCUT2D eigenvalue weighted by molar-refractivity contribution is 7.92. The number of nitrogens with one attached hydrogen (secondary N) is 2. The number of halogens is 1. The van der Waals surface area contributed by atoms with Gasteiger partial charge in [0.1, 0.15) is 12.2 Å². The van der Waals surface area contributed by atoms with Gasteiger partial charge in [0.15, 0.2) is 0 Å². The fourth-order valence-electron chi connectivity index (χ4n) is 3.23. The monoisotopic (exact) mass is 417 g/mol. The van der Waals surface area contributed by atoms with Gasteiger partial charge in [0.25, 0.3) is 5.91 Å². The molecule has 0 radical (unpaired) electrons. The maximum atomic E-state index is 12.7. The van der Waals surface area contributed by atoms with Gasteiger partial charge in [-0.15, -0.1) is 0 Å². The quantitative estimate of drug-likeness (QED) is 0.678. The highest BCUT2D eigenvalue weighted by Gasteiger charge is 2.36. The highest BCUT2D eigenvalue weighted by Crippen LogP contribution is 2.40. The van der Waals surface area contributed by atoms with Crippen molar-refractivity contribution in [2.75, 3.05) is 22.4 Å². The van der Waals surface area contributed by atoms with Gasteiger partial charge in [0.2, 0.25) is 10.0 Å². The summed E-state index contributed by atoms with van der Waals surface area (Å²) >= 11 is 5.86. The van der Waals surface area contributed by atoms with E-state index >= 15 is 0 Å².